The van der Waals surface area contributed by atoms with Crippen LogP contribution in [0, 0.1) is 5.82 Å². The van der Waals surface area contributed by atoms with Crippen LogP contribution in [0.1, 0.15) is 23.5 Å². The number of halogens is 1. The lowest BCUT2D eigenvalue weighted by Crippen LogP contribution is -1.96. The van der Waals surface area contributed by atoms with Crippen LogP contribution in [0.5, 0.6) is 0 Å². The lowest BCUT2D eigenvalue weighted by molar-refractivity contribution is 0.518. The third-order valence-electron chi connectivity index (χ3n) is 3.02. The monoisotopic (exact) mass is 335 g/mol. The van der Waals surface area contributed by atoms with E-state index in [2.05, 4.69) is 22.4 Å². The number of rotatable bonds is 6. The van der Waals surface area contributed by atoms with Gasteiger partial charge in [-0.05, 0) is 36.8 Å². The number of furan rings is 1. The molecule has 0 aliphatic rings. The average molecular weight is 335 g/mol. The van der Waals surface area contributed by atoms with Crippen molar-refractivity contribution in [2.75, 3.05) is 5.32 Å². The zero-order chi connectivity index (χ0) is 15.4. The van der Waals surface area contributed by atoms with Gasteiger partial charge in [0, 0.05) is 5.25 Å². The Hall–Kier alpha value is -1.86. The van der Waals surface area contributed by atoms with Gasteiger partial charge in [0.05, 0.1) is 12.8 Å². The van der Waals surface area contributed by atoms with Gasteiger partial charge in [0.15, 0.2) is 4.34 Å². The van der Waals surface area contributed by atoms with E-state index < -0.39 is 0 Å². The fourth-order valence-electron chi connectivity index (χ4n) is 1.86. The van der Waals surface area contributed by atoms with E-state index in [9.17, 15) is 4.39 Å². The van der Waals surface area contributed by atoms with Crippen LogP contribution in [0.2, 0.25) is 0 Å². The molecule has 0 aliphatic carbocycles. The van der Waals surface area contributed by atoms with Gasteiger partial charge in [0.2, 0.25) is 5.13 Å². The fraction of sp³-hybridized carbons (Fsp3) is 0.200. The van der Waals surface area contributed by atoms with Crippen molar-refractivity contribution in [3.05, 3.63) is 59.8 Å². The molecule has 2 heterocycles. The Labute approximate surface area is 135 Å². The summed E-state index contributed by atoms with van der Waals surface area (Å²) >= 11 is 3.10. The Kier molecular flexibility index (Phi) is 4.74. The minimum atomic E-state index is -0.221. The molecule has 0 saturated carbocycles. The molecule has 22 heavy (non-hydrogen) atoms. The molecular weight excluding hydrogens is 321 g/mol. The topological polar surface area (TPSA) is 51.0 Å². The van der Waals surface area contributed by atoms with Crippen LogP contribution in [0.3, 0.4) is 0 Å². The number of thioether (sulfide) groups is 1. The lowest BCUT2D eigenvalue weighted by atomic mass is 10.2. The lowest BCUT2D eigenvalue weighted by Gasteiger charge is -2.08. The normalized spacial score (nSPS) is 12.3. The number of nitrogens with zero attached hydrogens (tertiary/aromatic N) is 2. The van der Waals surface area contributed by atoms with Gasteiger partial charge in [-0.3, -0.25) is 0 Å². The van der Waals surface area contributed by atoms with Gasteiger partial charge < -0.3 is 9.73 Å². The molecule has 0 radical (unpaired) electrons. The van der Waals surface area contributed by atoms with Gasteiger partial charge >= 0.3 is 0 Å². The number of aromatic nitrogens is 2. The van der Waals surface area contributed by atoms with Gasteiger partial charge in [-0.25, -0.2) is 4.39 Å². The molecule has 4 nitrogen and oxygen atoms in total. The quantitative estimate of drug-likeness (QED) is 0.660. The molecule has 0 fully saturated rings. The number of hydrogen-bond acceptors (Lipinski definition) is 6. The maximum atomic E-state index is 12.9. The summed E-state index contributed by atoms with van der Waals surface area (Å²) in [6.45, 7) is 2.65. The van der Waals surface area contributed by atoms with Crippen LogP contribution in [0.15, 0.2) is 51.4 Å². The molecule has 1 N–H and O–H groups in total. The predicted molar refractivity (Wildman–Crippen MR) is 86.6 cm³/mol. The van der Waals surface area contributed by atoms with E-state index in [4.69, 9.17) is 4.42 Å². The maximum absolute atomic E-state index is 12.9. The summed E-state index contributed by atoms with van der Waals surface area (Å²) < 4.78 is 19.1. The first-order valence-corrected chi connectivity index (χ1v) is 8.42. The van der Waals surface area contributed by atoms with Gasteiger partial charge in [-0.1, -0.05) is 35.2 Å². The summed E-state index contributed by atoms with van der Waals surface area (Å²) in [7, 11) is 0. The van der Waals surface area contributed by atoms with E-state index in [1.165, 1.54) is 23.5 Å². The molecule has 0 bridgehead atoms. The number of hydrogen-bond donors (Lipinski definition) is 1. The third-order valence-corrected chi connectivity index (χ3v) is 5.14. The summed E-state index contributed by atoms with van der Waals surface area (Å²) in [5, 5.41) is 12.4. The minimum absolute atomic E-state index is 0.187. The van der Waals surface area contributed by atoms with Crippen molar-refractivity contribution in [3.63, 3.8) is 0 Å². The summed E-state index contributed by atoms with van der Waals surface area (Å²) in [5.41, 5.74) is 1.06. The molecule has 1 aromatic carbocycles. The van der Waals surface area contributed by atoms with Gasteiger partial charge in [0.1, 0.15) is 11.6 Å². The largest absolute Gasteiger partial charge is 0.467 e. The van der Waals surface area contributed by atoms with Gasteiger partial charge in [-0.15, -0.1) is 10.2 Å². The highest BCUT2D eigenvalue weighted by Gasteiger charge is 2.12. The van der Waals surface area contributed by atoms with Crippen molar-refractivity contribution < 1.29 is 8.81 Å². The molecular formula is C15H14FN3OS2. The molecule has 1 atom stereocenters. The Morgan fingerprint density at radius 2 is 2.09 bits per heavy atom. The highest BCUT2D eigenvalue weighted by atomic mass is 32.2. The van der Waals surface area contributed by atoms with E-state index in [1.807, 2.05) is 12.1 Å². The van der Waals surface area contributed by atoms with Crippen molar-refractivity contribution in [2.24, 2.45) is 0 Å². The highest BCUT2D eigenvalue weighted by Crippen LogP contribution is 2.37. The van der Waals surface area contributed by atoms with Crippen LogP contribution in [0.25, 0.3) is 0 Å². The van der Waals surface area contributed by atoms with Crippen LogP contribution < -0.4 is 5.32 Å². The smallest absolute Gasteiger partial charge is 0.206 e. The molecule has 3 rings (SSSR count). The molecule has 0 spiro atoms. The molecule has 0 saturated heterocycles. The number of anilines is 1. The average Bonchev–Trinajstić information content (AvgIpc) is 3.17. The fourth-order valence-corrected chi connectivity index (χ4v) is 3.88. The zero-order valence-corrected chi connectivity index (χ0v) is 13.5. The number of benzene rings is 1. The summed E-state index contributed by atoms with van der Waals surface area (Å²) in [5.74, 6) is 0.630. The Bertz CT molecular complexity index is 713. The summed E-state index contributed by atoms with van der Waals surface area (Å²) in [4.78, 5) is 0. The first kappa shape index (κ1) is 15.1. The third kappa shape index (κ3) is 3.86. The minimum Gasteiger partial charge on any atom is -0.467 e. The zero-order valence-electron chi connectivity index (χ0n) is 11.8. The van der Waals surface area contributed by atoms with Crippen molar-refractivity contribution in [1.29, 1.82) is 0 Å². The van der Waals surface area contributed by atoms with Crippen molar-refractivity contribution in [2.45, 2.75) is 23.1 Å². The second-order valence-electron chi connectivity index (χ2n) is 4.62. The second kappa shape index (κ2) is 6.93. The SMILES string of the molecule is CC(Sc1nnc(NCc2ccco2)s1)c1ccc(F)cc1. The molecule has 3 aromatic rings. The van der Waals surface area contributed by atoms with Crippen molar-refractivity contribution >= 4 is 28.2 Å². The van der Waals surface area contributed by atoms with E-state index in [0.29, 0.717) is 6.54 Å². The molecule has 0 amide bonds. The maximum Gasteiger partial charge on any atom is 0.206 e. The molecule has 114 valence electrons. The number of nitrogens with one attached hydrogen (secondary N) is 1. The molecule has 7 heteroatoms. The highest BCUT2D eigenvalue weighted by molar-refractivity contribution is 8.01. The molecule has 2 aromatic heterocycles. The second-order valence-corrected chi connectivity index (χ2v) is 7.18. The van der Waals surface area contributed by atoms with Gasteiger partial charge in [-0.2, -0.15) is 0 Å². The Balaban J connectivity index is 1.57. The first-order chi connectivity index (χ1) is 10.7. The molecule has 1 unspecified atom stereocenters. The van der Waals surface area contributed by atoms with E-state index in [1.54, 1.807) is 30.2 Å². The van der Waals surface area contributed by atoms with E-state index >= 15 is 0 Å². The van der Waals surface area contributed by atoms with Crippen LogP contribution in [-0.4, -0.2) is 10.2 Å². The van der Waals surface area contributed by atoms with Gasteiger partial charge in [0.25, 0.3) is 0 Å². The Morgan fingerprint density at radius 1 is 1.27 bits per heavy atom. The van der Waals surface area contributed by atoms with Crippen molar-refractivity contribution in [1.82, 2.24) is 10.2 Å². The van der Waals surface area contributed by atoms with Crippen LogP contribution >= 0.6 is 23.1 Å². The summed E-state index contributed by atoms with van der Waals surface area (Å²) in [6.07, 6.45) is 1.64. The summed E-state index contributed by atoms with van der Waals surface area (Å²) in [6, 6.07) is 10.3. The Morgan fingerprint density at radius 3 is 2.82 bits per heavy atom. The van der Waals surface area contributed by atoms with Crippen LogP contribution in [0.4, 0.5) is 9.52 Å². The van der Waals surface area contributed by atoms with E-state index in [0.717, 1.165) is 20.8 Å². The first-order valence-electron chi connectivity index (χ1n) is 6.72. The standard InChI is InChI=1S/C15H14FN3OS2/c1-10(11-4-6-12(16)7-5-11)21-15-19-18-14(22-15)17-9-13-3-2-8-20-13/h2-8,10H,9H2,1H3,(H,17,18). The molecule has 0 aliphatic heterocycles. The predicted octanol–water partition coefficient (Wildman–Crippen LogP) is 4.74. The van der Waals surface area contributed by atoms with E-state index in [-0.39, 0.29) is 11.1 Å². The van der Waals surface area contributed by atoms with Crippen LogP contribution in [-0.2, 0) is 6.54 Å². The van der Waals surface area contributed by atoms with Crippen molar-refractivity contribution in [3.8, 4) is 0 Å².